The zero-order valence-electron chi connectivity index (χ0n) is 24.1. The lowest BCUT2D eigenvalue weighted by atomic mass is 9.40. The minimum atomic E-state index is -2.17. The lowest BCUT2D eigenvalue weighted by Crippen LogP contribution is -2.73. The van der Waals surface area contributed by atoms with Crippen LogP contribution in [0.4, 0.5) is 0 Å². The second kappa shape index (κ2) is 9.16. The van der Waals surface area contributed by atoms with Crippen LogP contribution in [0, 0.1) is 34.0 Å². The fourth-order valence-corrected chi connectivity index (χ4v) is 8.06. The van der Waals surface area contributed by atoms with Crippen LogP contribution in [0.5, 0.6) is 0 Å². The summed E-state index contributed by atoms with van der Waals surface area (Å²) in [6.07, 6.45) is 5.18. The van der Waals surface area contributed by atoms with Gasteiger partial charge in [-0.2, -0.15) is 0 Å². The van der Waals surface area contributed by atoms with Gasteiger partial charge in [0.2, 0.25) is 0 Å². The first kappa shape index (κ1) is 28.3. The maximum atomic E-state index is 14.4. The first-order chi connectivity index (χ1) is 18.6. The first-order valence-electron chi connectivity index (χ1n) is 13.8. The van der Waals surface area contributed by atoms with Crippen LogP contribution >= 0.6 is 0 Å². The number of hydrogen-bond acceptors (Lipinski definition) is 9. The number of hydrogen-bond donors (Lipinski definition) is 1. The minimum Gasteiger partial charge on any atom is -0.472 e. The SMILES string of the molecule is COC(=O)CC1C(C)(C)C(OC(=O)C(C)C)C2(O)C=C3C4=CC(=O)OC(c5ccoc5)C4(C)CCC3C1(C)C2=O. The summed E-state index contributed by atoms with van der Waals surface area (Å²) in [5.74, 6) is -3.62. The van der Waals surface area contributed by atoms with Crippen LogP contribution in [0.15, 0.2) is 46.3 Å². The van der Waals surface area contributed by atoms with Crippen LogP contribution in [-0.2, 0) is 33.4 Å². The Morgan fingerprint density at radius 2 is 1.88 bits per heavy atom. The van der Waals surface area contributed by atoms with Gasteiger partial charge in [-0.1, -0.05) is 41.5 Å². The molecule has 0 radical (unpaired) electrons. The van der Waals surface area contributed by atoms with E-state index >= 15 is 0 Å². The molecule has 1 aromatic heterocycles. The number of carbonyl (C=O) groups excluding carboxylic acids is 4. The van der Waals surface area contributed by atoms with Gasteiger partial charge in [0.25, 0.3) is 0 Å². The van der Waals surface area contributed by atoms with Crippen molar-refractivity contribution in [3.63, 3.8) is 0 Å². The number of allylic oxidation sites excluding steroid dienone is 1. The molecule has 4 aliphatic rings. The molecule has 0 aromatic carbocycles. The van der Waals surface area contributed by atoms with Crippen molar-refractivity contribution in [2.24, 2.45) is 34.0 Å². The van der Waals surface area contributed by atoms with E-state index in [1.165, 1.54) is 25.5 Å². The number of Topliss-reactive ketones (excluding diaryl/α,β-unsaturated/α-hetero) is 1. The summed E-state index contributed by atoms with van der Waals surface area (Å²) in [4.78, 5) is 53.0. The molecule has 7 atom stereocenters. The Morgan fingerprint density at radius 3 is 2.48 bits per heavy atom. The molecule has 0 amide bonds. The number of cyclic esters (lactones) is 1. The number of fused-ring (bicyclic) bond motifs is 6. The fourth-order valence-electron chi connectivity index (χ4n) is 8.06. The van der Waals surface area contributed by atoms with Crippen LogP contribution in [0.25, 0.3) is 0 Å². The standard InChI is InChI=1S/C31H38O9/c1-16(2)25(34)40-27-28(3,4)21(13-22(32)37-7)30(6)19-8-10-29(5)20(18(19)14-31(27,36)26(30)35)12-23(33)39-24(29)17-9-11-38-15-17/h9,11-12,14-16,19,21,24,27,36H,8,10,13H2,1-7H3. The Labute approximate surface area is 233 Å². The maximum absolute atomic E-state index is 14.4. The molecule has 40 heavy (non-hydrogen) atoms. The normalized spacial score (nSPS) is 37.9. The number of aliphatic hydroxyl groups is 1. The Morgan fingerprint density at radius 1 is 1.18 bits per heavy atom. The maximum Gasteiger partial charge on any atom is 0.331 e. The summed E-state index contributed by atoms with van der Waals surface area (Å²) in [5, 5.41) is 12.3. The topological polar surface area (TPSA) is 129 Å². The van der Waals surface area contributed by atoms with Gasteiger partial charge >= 0.3 is 17.9 Å². The smallest absolute Gasteiger partial charge is 0.331 e. The van der Waals surface area contributed by atoms with E-state index in [0.717, 1.165) is 0 Å². The van der Waals surface area contributed by atoms with Crippen LogP contribution in [0.1, 0.15) is 72.5 Å². The average molecular weight is 555 g/mol. The third-order valence-corrected chi connectivity index (χ3v) is 10.1. The number of carbonyl (C=O) groups is 4. The highest BCUT2D eigenvalue weighted by molar-refractivity contribution is 6.00. The van der Waals surface area contributed by atoms with Gasteiger partial charge in [-0.25, -0.2) is 4.79 Å². The van der Waals surface area contributed by atoms with Crippen molar-refractivity contribution in [2.45, 2.75) is 78.6 Å². The van der Waals surface area contributed by atoms with Gasteiger partial charge < -0.3 is 23.7 Å². The molecule has 216 valence electrons. The molecule has 7 unspecified atom stereocenters. The molecule has 1 N–H and O–H groups in total. The largest absolute Gasteiger partial charge is 0.472 e. The van der Waals surface area contributed by atoms with Gasteiger partial charge in [0.05, 0.1) is 25.6 Å². The second-order valence-electron chi connectivity index (χ2n) is 13.1. The van der Waals surface area contributed by atoms with Gasteiger partial charge in [0, 0.05) is 34.3 Å². The molecule has 0 spiro atoms. The monoisotopic (exact) mass is 554 g/mol. The van der Waals surface area contributed by atoms with E-state index in [1.807, 2.05) is 20.8 Å². The third-order valence-electron chi connectivity index (χ3n) is 10.1. The van der Waals surface area contributed by atoms with Gasteiger partial charge in [0.1, 0.15) is 12.2 Å². The van der Waals surface area contributed by atoms with E-state index in [4.69, 9.17) is 18.6 Å². The molecular weight excluding hydrogens is 516 g/mol. The lowest BCUT2D eigenvalue weighted by Gasteiger charge is -2.64. The van der Waals surface area contributed by atoms with Crippen LogP contribution in [0.2, 0.25) is 0 Å². The fraction of sp³-hybridized carbons (Fsp3) is 0.613. The van der Waals surface area contributed by atoms with Crippen molar-refractivity contribution < 1.29 is 42.9 Å². The molecule has 9 nitrogen and oxygen atoms in total. The predicted octanol–water partition coefficient (Wildman–Crippen LogP) is 4.25. The van der Waals surface area contributed by atoms with Crippen LogP contribution in [0.3, 0.4) is 0 Å². The van der Waals surface area contributed by atoms with Crippen molar-refractivity contribution in [3.05, 3.63) is 47.5 Å². The zero-order valence-corrected chi connectivity index (χ0v) is 24.1. The molecule has 2 bridgehead atoms. The molecule has 2 saturated carbocycles. The summed E-state index contributed by atoms with van der Waals surface area (Å²) in [5.41, 5.74) is -3.00. The molecule has 9 heteroatoms. The summed E-state index contributed by atoms with van der Waals surface area (Å²) in [6.45, 7) is 10.8. The molecule has 1 aliphatic heterocycles. The Hall–Kier alpha value is -3.20. The summed E-state index contributed by atoms with van der Waals surface area (Å²) < 4.78 is 22.1. The number of ether oxygens (including phenoxy) is 3. The van der Waals surface area contributed by atoms with Gasteiger partial charge in [-0.05, 0) is 48.0 Å². The first-order valence-corrected chi connectivity index (χ1v) is 13.8. The van der Waals surface area contributed by atoms with Crippen LogP contribution in [-0.4, -0.2) is 47.6 Å². The van der Waals surface area contributed by atoms with Gasteiger partial charge in [-0.15, -0.1) is 0 Å². The third kappa shape index (κ3) is 3.76. The predicted molar refractivity (Wildman–Crippen MR) is 141 cm³/mol. The minimum absolute atomic E-state index is 0.0999. The zero-order chi connectivity index (χ0) is 29.4. The number of ketones is 1. The summed E-state index contributed by atoms with van der Waals surface area (Å²) in [6, 6.07) is 1.76. The molecule has 0 saturated heterocycles. The van der Waals surface area contributed by atoms with E-state index in [-0.39, 0.29) is 6.42 Å². The van der Waals surface area contributed by atoms with Crippen molar-refractivity contribution in [1.82, 2.24) is 0 Å². The highest BCUT2D eigenvalue weighted by atomic mass is 16.6. The van der Waals surface area contributed by atoms with Crippen molar-refractivity contribution >= 4 is 23.7 Å². The van der Waals surface area contributed by atoms with E-state index < -0.39 is 75.5 Å². The van der Waals surface area contributed by atoms with E-state index in [9.17, 15) is 24.3 Å². The summed E-state index contributed by atoms with van der Waals surface area (Å²) >= 11 is 0. The Kier molecular flexibility index (Phi) is 6.49. The van der Waals surface area contributed by atoms with Crippen molar-refractivity contribution in [1.29, 1.82) is 0 Å². The number of esters is 3. The van der Waals surface area contributed by atoms with Crippen LogP contribution < -0.4 is 0 Å². The molecule has 2 fully saturated rings. The Bertz CT molecular complexity index is 1320. The molecule has 3 aliphatic carbocycles. The number of furan rings is 1. The quantitative estimate of drug-likeness (QED) is 0.419. The van der Waals surface area contributed by atoms with E-state index in [0.29, 0.717) is 29.6 Å². The van der Waals surface area contributed by atoms with E-state index in [2.05, 4.69) is 0 Å². The average Bonchev–Trinajstić information content (AvgIpc) is 3.42. The highest BCUT2D eigenvalue weighted by Crippen LogP contribution is 2.68. The summed E-state index contributed by atoms with van der Waals surface area (Å²) in [7, 11) is 1.29. The molecule has 2 heterocycles. The number of rotatable bonds is 5. The molecule has 5 rings (SSSR count). The van der Waals surface area contributed by atoms with E-state index in [1.54, 1.807) is 33.1 Å². The Balaban J connectivity index is 1.73. The molecule has 1 aromatic rings. The van der Waals surface area contributed by atoms with Gasteiger partial charge in [-0.3, -0.25) is 14.4 Å². The lowest BCUT2D eigenvalue weighted by molar-refractivity contribution is -0.223. The molecular formula is C31H38O9. The van der Waals surface area contributed by atoms with Crippen molar-refractivity contribution in [3.8, 4) is 0 Å². The highest BCUT2D eigenvalue weighted by Gasteiger charge is 2.73. The van der Waals surface area contributed by atoms with Gasteiger partial charge in [0.15, 0.2) is 11.4 Å². The number of methoxy groups -OCH3 is 1. The van der Waals surface area contributed by atoms with Crippen molar-refractivity contribution in [2.75, 3.05) is 7.11 Å². The second-order valence-corrected chi connectivity index (χ2v) is 13.1.